The molecule has 0 aliphatic rings. The van der Waals surface area contributed by atoms with E-state index in [2.05, 4.69) is 0 Å². The summed E-state index contributed by atoms with van der Waals surface area (Å²) in [6.07, 6.45) is 0. The van der Waals surface area contributed by atoms with Crippen LogP contribution >= 0.6 is 0 Å². The third kappa shape index (κ3) is 1.61. The highest BCUT2D eigenvalue weighted by molar-refractivity contribution is 5.83. The van der Waals surface area contributed by atoms with Gasteiger partial charge in [-0.2, -0.15) is 5.26 Å². The number of hydrogen-bond donors (Lipinski definition) is 0. The maximum atomic E-state index is 11.6. The van der Waals surface area contributed by atoms with Gasteiger partial charge in [-0.05, 0) is 18.1 Å². The summed E-state index contributed by atoms with van der Waals surface area (Å²) < 4.78 is 6.69. The molecule has 0 unspecified atom stereocenters. The summed E-state index contributed by atoms with van der Waals surface area (Å²) in [6.45, 7) is 4.72. The molecule has 2 rings (SSSR count). The van der Waals surface area contributed by atoms with E-state index in [9.17, 15) is 4.79 Å². The topological polar surface area (TPSA) is 58.9 Å². The van der Waals surface area contributed by atoms with Gasteiger partial charge in [0.15, 0.2) is 0 Å². The van der Waals surface area contributed by atoms with Gasteiger partial charge < -0.3 is 4.52 Å². The highest BCUT2D eigenvalue weighted by Crippen LogP contribution is 2.16. The Balaban J connectivity index is 2.73. The Hall–Kier alpha value is -2.02. The second-order valence-electron chi connectivity index (χ2n) is 4.15. The standard InChI is InChI=1S/C12H12N2O2/c1-8(2)7-14-10-5-3-4-9(6-13)11(10)12(15)16-14/h3-5,8H,7H2,1-2H3. The first-order valence-corrected chi connectivity index (χ1v) is 5.16. The van der Waals surface area contributed by atoms with Crippen LogP contribution < -0.4 is 5.63 Å². The maximum absolute atomic E-state index is 11.6. The lowest BCUT2D eigenvalue weighted by Gasteiger charge is -2.04. The minimum atomic E-state index is -0.437. The lowest BCUT2D eigenvalue weighted by Crippen LogP contribution is -2.03. The van der Waals surface area contributed by atoms with Gasteiger partial charge >= 0.3 is 5.63 Å². The van der Waals surface area contributed by atoms with Gasteiger partial charge in [0.1, 0.15) is 11.5 Å². The van der Waals surface area contributed by atoms with Gasteiger partial charge in [0.2, 0.25) is 0 Å². The Morgan fingerprint density at radius 1 is 1.50 bits per heavy atom. The maximum Gasteiger partial charge on any atom is 0.366 e. The Morgan fingerprint density at radius 2 is 2.25 bits per heavy atom. The van der Waals surface area contributed by atoms with Crippen molar-refractivity contribution in [1.29, 1.82) is 5.26 Å². The molecule has 0 saturated carbocycles. The summed E-state index contributed by atoms with van der Waals surface area (Å²) in [7, 11) is 0. The quantitative estimate of drug-likeness (QED) is 0.772. The minimum Gasteiger partial charge on any atom is -0.335 e. The van der Waals surface area contributed by atoms with Crippen LogP contribution in [0.2, 0.25) is 0 Å². The van der Waals surface area contributed by atoms with E-state index < -0.39 is 5.63 Å². The Bertz CT molecular complexity index is 614. The van der Waals surface area contributed by atoms with Crippen molar-refractivity contribution in [3.8, 4) is 6.07 Å². The van der Waals surface area contributed by atoms with E-state index in [-0.39, 0.29) is 0 Å². The molecule has 0 aliphatic carbocycles. The molecule has 0 amide bonds. The fourth-order valence-electron chi connectivity index (χ4n) is 1.72. The molecule has 0 atom stereocenters. The molecule has 0 saturated heterocycles. The molecule has 4 nitrogen and oxygen atoms in total. The van der Waals surface area contributed by atoms with Crippen molar-refractivity contribution in [3.05, 3.63) is 34.2 Å². The molecule has 2 aromatic rings. The number of fused-ring (bicyclic) bond motifs is 1. The van der Waals surface area contributed by atoms with Crippen LogP contribution in [-0.2, 0) is 6.54 Å². The highest BCUT2D eigenvalue weighted by Gasteiger charge is 2.13. The van der Waals surface area contributed by atoms with E-state index in [1.165, 1.54) is 0 Å². The van der Waals surface area contributed by atoms with Crippen LogP contribution in [0.5, 0.6) is 0 Å². The number of hydrogen-bond acceptors (Lipinski definition) is 3. The van der Waals surface area contributed by atoms with Crippen LogP contribution in [-0.4, -0.2) is 4.74 Å². The Labute approximate surface area is 92.7 Å². The van der Waals surface area contributed by atoms with Gasteiger partial charge in [0.05, 0.1) is 17.6 Å². The van der Waals surface area contributed by atoms with Crippen molar-refractivity contribution < 1.29 is 4.52 Å². The van der Waals surface area contributed by atoms with Crippen LogP contribution in [0.1, 0.15) is 19.4 Å². The van der Waals surface area contributed by atoms with Crippen LogP contribution in [0.3, 0.4) is 0 Å². The van der Waals surface area contributed by atoms with Crippen molar-refractivity contribution in [2.75, 3.05) is 0 Å². The van der Waals surface area contributed by atoms with Gasteiger partial charge in [-0.25, -0.2) is 9.53 Å². The first kappa shape index (κ1) is 10.5. The first-order chi connectivity index (χ1) is 7.63. The summed E-state index contributed by atoms with van der Waals surface area (Å²) >= 11 is 0. The summed E-state index contributed by atoms with van der Waals surface area (Å²) in [4.78, 5) is 11.6. The fourth-order valence-corrected chi connectivity index (χ4v) is 1.72. The zero-order chi connectivity index (χ0) is 11.7. The molecule has 82 valence electrons. The van der Waals surface area contributed by atoms with Crippen LogP contribution in [0, 0.1) is 17.2 Å². The van der Waals surface area contributed by atoms with Gasteiger partial charge in [-0.15, -0.1) is 0 Å². The van der Waals surface area contributed by atoms with Gasteiger partial charge in [-0.3, -0.25) is 0 Å². The zero-order valence-corrected chi connectivity index (χ0v) is 9.23. The van der Waals surface area contributed by atoms with E-state index in [1.807, 2.05) is 19.9 Å². The van der Waals surface area contributed by atoms with E-state index in [4.69, 9.17) is 9.78 Å². The predicted octanol–water partition coefficient (Wildman–Crippen LogP) is 2.12. The smallest absolute Gasteiger partial charge is 0.335 e. The van der Waals surface area contributed by atoms with E-state index in [0.717, 1.165) is 0 Å². The zero-order valence-electron chi connectivity index (χ0n) is 9.23. The average Bonchev–Trinajstić information content (AvgIpc) is 2.55. The minimum absolute atomic E-state index is 0.369. The molecule has 0 bridgehead atoms. The van der Waals surface area contributed by atoms with Crippen molar-refractivity contribution in [1.82, 2.24) is 4.74 Å². The molecule has 0 radical (unpaired) electrons. The molecule has 4 heteroatoms. The van der Waals surface area contributed by atoms with Gasteiger partial charge in [0.25, 0.3) is 0 Å². The summed E-state index contributed by atoms with van der Waals surface area (Å²) in [5.41, 5.74) is 0.624. The van der Waals surface area contributed by atoms with E-state index >= 15 is 0 Å². The molecule has 1 heterocycles. The number of benzene rings is 1. The third-order valence-electron chi connectivity index (χ3n) is 2.36. The fraction of sp³-hybridized carbons (Fsp3) is 0.333. The van der Waals surface area contributed by atoms with E-state index in [1.54, 1.807) is 22.9 Å². The molecule has 0 fully saturated rings. The van der Waals surface area contributed by atoms with Crippen molar-refractivity contribution in [3.63, 3.8) is 0 Å². The molecule has 0 spiro atoms. The SMILES string of the molecule is CC(C)Cn1oc(=O)c2c(C#N)cccc21. The number of nitrogens with zero attached hydrogens (tertiary/aromatic N) is 2. The van der Waals surface area contributed by atoms with Crippen molar-refractivity contribution in [2.24, 2.45) is 5.92 Å². The lowest BCUT2D eigenvalue weighted by molar-refractivity contribution is 0.238. The normalized spacial score (nSPS) is 10.9. The number of nitriles is 1. The van der Waals surface area contributed by atoms with Crippen molar-refractivity contribution in [2.45, 2.75) is 20.4 Å². The first-order valence-electron chi connectivity index (χ1n) is 5.16. The van der Waals surface area contributed by atoms with Gasteiger partial charge in [-0.1, -0.05) is 19.9 Å². The second-order valence-corrected chi connectivity index (χ2v) is 4.15. The molecule has 0 aliphatic heterocycles. The number of rotatable bonds is 2. The monoisotopic (exact) mass is 216 g/mol. The summed E-state index contributed by atoms with van der Waals surface area (Å²) in [5, 5.41) is 9.29. The van der Waals surface area contributed by atoms with Crippen LogP contribution in [0.4, 0.5) is 0 Å². The van der Waals surface area contributed by atoms with Crippen LogP contribution in [0.15, 0.2) is 27.5 Å². The van der Waals surface area contributed by atoms with Gasteiger partial charge in [0, 0.05) is 0 Å². The van der Waals surface area contributed by atoms with Crippen LogP contribution in [0.25, 0.3) is 10.9 Å². The molecule has 1 aromatic carbocycles. The van der Waals surface area contributed by atoms with E-state index in [0.29, 0.717) is 28.9 Å². The number of aromatic nitrogens is 1. The Morgan fingerprint density at radius 3 is 2.88 bits per heavy atom. The molecular formula is C12H12N2O2. The largest absolute Gasteiger partial charge is 0.366 e. The predicted molar refractivity (Wildman–Crippen MR) is 60.0 cm³/mol. The molecule has 0 N–H and O–H groups in total. The highest BCUT2D eigenvalue weighted by atomic mass is 16.5. The van der Waals surface area contributed by atoms with Crippen molar-refractivity contribution >= 4 is 10.9 Å². The third-order valence-corrected chi connectivity index (χ3v) is 2.36. The average molecular weight is 216 g/mol. The molecular weight excluding hydrogens is 204 g/mol. The summed E-state index contributed by atoms with van der Waals surface area (Å²) in [6, 6.07) is 7.18. The summed E-state index contributed by atoms with van der Waals surface area (Å²) in [5.74, 6) is 0.379. The second kappa shape index (κ2) is 3.86. The molecule has 16 heavy (non-hydrogen) atoms. The Kier molecular flexibility index (Phi) is 2.53. The molecule has 1 aromatic heterocycles. The lowest BCUT2D eigenvalue weighted by atomic mass is 10.1.